The molecule has 2 fully saturated rings. The average Bonchev–Trinajstić information content (AvgIpc) is 3.07. The van der Waals surface area contributed by atoms with Gasteiger partial charge in [-0.25, -0.2) is 0 Å². The molecule has 2 saturated carbocycles. The van der Waals surface area contributed by atoms with Crippen molar-refractivity contribution in [2.24, 2.45) is 17.8 Å². The Kier molecular flexibility index (Phi) is 2.90. The first-order valence-electron chi connectivity index (χ1n) is 7.88. The van der Waals surface area contributed by atoms with E-state index in [0.717, 1.165) is 36.7 Å². The number of nitrogens with one attached hydrogen (secondary N) is 1. The molecular weight excluding hydrogens is 234 g/mol. The predicted octanol–water partition coefficient (Wildman–Crippen LogP) is 3.86. The number of hydrogen-bond donors (Lipinski definition) is 1. The molecule has 2 bridgehead atoms. The van der Waals surface area contributed by atoms with Gasteiger partial charge in [-0.15, -0.1) is 0 Å². The fraction of sp³-hybridized carbons (Fsp3) is 0.647. The van der Waals surface area contributed by atoms with Crippen LogP contribution in [0, 0.1) is 17.8 Å². The average molecular weight is 257 g/mol. The zero-order valence-corrected chi connectivity index (χ0v) is 11.5. The van der Waals surface area contributed by atoms with Crippen molar-refractivity contribution in [1.82, 2.24) is 0 Å². The molecule has 1 aromatic rings. The smallest absolute Gasteiger partial charge is 0.121 e. The zero-order chi connectivity index (χ0) is 12.7. The molecule has 102 valence electrons. The molecule has 2 nitrogen and oxygen atoms in total. The lowest BCUT2D eigenvalue weighted by Crippen LogP contribution is -2.18. The van der Waals surface area contributed by atoms with Gasteiger partial charge in [-0.05, 0) is 61.5 Å². The van der Waals surface area contributed by atoms with Crippen LogP contribution in [0.5, 0.6) is 5.75 Å². The molecule has 2 aliphatic carbocycles. The van der Waals surface area contributed by atoms with Crippen molar-refractivity contribution in [3.63, 3.8) is 0 Å². The molecule has 1 heterocycles. The van der Waals surface area contributed by atoms with E-state index < -0.39 is 0 Å². The lowest BCUT2D eigenvalue weighted by atomic mass is 9.89. The molecule has 0 saturated heterocycles. The van der Waals surface area contributed by atoms with Crippen molar-refractivity contribution in [3.8, 4) is 5.75 Å². The summed E-state index contributed by atoms with van der Waals surface area (Å²) in [5.74, 6) is 3.85. The van der Waals surface area contributed by atoms with Crippen LogP contribution < -0.4 is 10.1 Å². The number of fused-ring (bicyclic) bond motifs is 3. The first kappa shape index (κ1) is 11.6. The number of ether oxygens (including phenoxy) is 1. The number of hydrogen-bond acceptors (Lipinski definition) is 2. The maximum absolute atomic E-state index is 6.07. The predicted molar refractivity (Wildman–Crippen MR) is 77.7 cm³/mol. The van der Waals surface area contributed by atoms with Gasteiger partial charge in [0.1, 0.15) is 5.75 Å². The van der Waals surface area contributed by atoms with E-state index in [0.29, 0.717) is 0 Å². The molecule has 4 rings (SSSR count). The molecule has 1 N–H and O–H groups in total. The molecule has 0 aromatic heterocycles. The van der Waals surface area contributed by atoms with Gasteiger partial charge in [-0.1, -0.05) is 12.5 Å². The Morgan fingerprint density at radius 2 is 2.21 bits per heavy atom. The fourth-order valence-electron chi connectivity index (χ4n) is 4.31. The third-order valence-corrected chi connectivity index (χ3v) is 5.37. The van der Waals surface area contributed by atoms with Gasteiger partial charge < -0.3 is 10.1 Å². The third-order valence-electron chi connectivity index (χ3n) is 5.37. The van der Waals surface area contributed by atoms with Gasteiger partial charge in [0.15, 0.2) is 0 Å². The van der Waals surface area contributed by atoms with Crippen molar-refractivity contribution in [3.05, 3.63) is 23.8 Å². The van der Waals surface area contributed by atoms with E-state index in [1.165, 1.54) is 49.8 Å². The highest BCUT2D eigenvalue weighted by Gasteiger charge is 2.39. The minimum absolute atomic E-state index is 0.822. The summed E-state index contributed by atoms with van der Waals surface area (Å²) < 4.78 is 6.07. The van der Waals surface area contributed by atoms with Crippen LogP contribution in [-0.4, -0.2) is 13.2 Å². The number of benzene rings is 1. The van der Waals surface area contributed by atoms with Crippen molar-refractivity contribution in [2.45, 2.75) is 38.5 Å². The molecule has 1 aliphatic heterocycles. The minimum atomic E-state index is 0.822. The summed E-state index contributed by atoms with van der Waals surface area (Å²) in [6, 6.07) is 6.58. The summed E-state index contributed by atoms with van der Waals surface area (Å²) in [7, 11) is 0. The van der Waals surface area contributed by atoms with Gasteiger partial charge in [0, 0.05) is 18.3 Å². The molecule has 2 heteroatoms. The summed E-state index contributed by atoms with van der Waals surface area (Å²) in [5, 5.41) is 3.48. The number of rotatable bonds is 3. The molecule has 0 amide bonds. The Labute approximate surface area is 115 Å². The van der Waals surface area contributed by atoms with Crippen LogP contribution in [0.15, 0.2) is 18.2 Å². The van der Waals surface area contributed by atoms with Crippen LogP contribution in [0.3, 0.4) is 0 Å². The number of anilines is 1. The Bertz CT molecular complexity index is 470. The molecular formula is C17H23NO. The molecule has 3 aliphatic rings. The monoisotopic (exact) mass is 257 g/mol. The second-order valence-corrected chi connectivity index (χ2v) is 6.60. The van der Waals surface area contributed by atoms with Crippen molar-refractivity contribution in [1.29, 1.82) is 0 Å². The summed E-state index contributed by atoms with van der Waals surface area (Å²) in [6.07, 6.45) is 8.26. The molecule has 0 radical (unpaired) electrons. The van der Waals surface area contributed by atoms with Gasteiger partial charge >= 0.3 is 0 Å². The van der Waals surface area contributed by atoms with Crippen LogP contribution >= 0.6 is 0 Å². The summed E-state index contributed by atoms with van der Waals surface area (Å²) >= 11 is 0. The molecule has 19 heavy (non-hydrogen) atoms. The fourth-order valence-corrected chi connectivity index (χ4v) is 4.31. The number of aryl methyl sites for hydroxylation is 1. The van der Waals surface area contributed by atoms with Crippen LogP contribution in [0.2, 0.25) is 0 Å². The standard InChI is InChI=1S/C17H23NO/c1-2-13-5-6-16(10-17(13)18-7-1)19-11-15-9-12-3-4-14(15)8-12/h5-6,10,12,14-15,18H,1-4,7-9,11H2. The van der Waals surface area contributed by atoms with E-state index in [-0.39, 0.29) is 0 Å². The second kappa shape index (κ2) is 4.73. The zero-order valence-electron chi connectivity index (χ0n) is 11.5. The van der Waals surface area contributed by atoms with E-state index >= 15 is 0 Å². The Morgan fingerprint density at radius 3 is 3.05 bits per heavy atom. The van der Waals surface area contributed by atoms with Gasteiger partial charge in [0.2, 0.25) is 0 Å². The van der Waals surface area contributed by atoms with E-state index in [1.807, 2.05) is 0 Å². The van der Waals surface area contributed by atoms with Crippen molar-refractivity contribution >= 4 is 5.69 Å². The van der Waals surface area contributed by atoms with E-state index in [9.17, 15) is 0 Å². The Balaban J connectivity index is 1.40. The van der Waals surface area contributed by atoms with Crippen LogP contribution in [-0.2, 0) is 6.42 Å². The summed E-state index contributed by atoms with van der Waals surface area (Å²) in [6.45, 7) is 2.03. The molecule has 3 atom stereocenters. The Hall–Kier alpha value is -1.18. The normalized spacial score (nSPS) is 31.9. The molecule has 1 aromatic carbocycles. The largest absolute Gasteiger partial charge is 0.493 e. The highest BCUT2D eigenvalue weighted by atomic mass is 16.5. The minimum Gasteiger partial charge on any atom is -0.493 e. The van der Waals surface area contributed by atoms with E-state index in [4.69, 9.17) is 4.74 Å². The summed E-state index contributed by atoms with van der Waals surface area (Å²) in [4.78, 5) is 0. The maximum atomic E-state index is 6.07. The lowest BCUT2D eigenvalue weighted by molar-refractivity contribution is 0.195. The third kappa shape index (κ3) is 2.22. The highest BCUT2D eigenvalue weighted by Crippen LogP contribution is 2.48. The van der Waals surface area contributed by atoms with Crippen molar-refractivity contribution < 1.29 is 4.74 Å². The molecule has 0 spiro atoms. The van der Waals surface area contributed by atoms with E-state index in [1.54, 1.807) is 0 Å². The van der Waals surface area contributed by atoms with Crippen LogP contribution in [0.25, 0.3) is 0 Å². The topological polar surface area (TPSA) is 21.3 Å². The van der Waals surface area contributed by atoms with Gasteiger partial charge in [-0.2, -0.15) is 0 Å². The van der Waals surface area contributed by atoms with Crippen molar-refractivity contribution in [2.75, 3.05) is 18.5 Å². The van der Waals surface area contributed by atoms with Gasteiger partial charge in [0.25, 0.3) is 0 Å². The van der Waals surface area contributed by atoms with E-state index in [2.05, 4.69) is 23.5 Å². The Morgan fingerprint density at radius 1 is 1.21 bits per heavy atom. The molecule has 3 unspecified atom stereocenters. The second-order valence-electron chi connectivity index (χ2n) is 6.60. The van der Waals surface area contributed by atoms with Gasteiger partial charge in [0.05, 0.1) is 6.61 Å². The highest BCUT2D eigenvalue weighted by molar-refractivity contribution is 5.56. The van der Waals surface area contributed by atoms with Crippen LogP contribution in [0.1, 0.15) is 37.7 Å². The quantitative estimate of drug-likeness (QED) is 0.887. The van der Waals surface area contributed by atoms with Crippen LogP contribution in [0.4, 0.5) is 5.69 Å². The lowest BCUT2D eigenvalue weighted by Gasteiger charge is -2.23. The van der Waals surface area contributed by atoms with Gasteiger partial charge in [-0.3, -0.25) is 0 Å². The first-order chi connectivity index (χ1) is 9.38. The summed E-state index contributed by atoms with van der Waals surface area (Å²) in [5.41, 5.74) is 2.73. The maximum Gasteiger partial charge on any atom is 0.121 e. The first-order valence-corrected chi connectivity index (χ1v) is 7.88. The SMILES string of the molecule is c1cc2c(cc1OCC1CC3CCC1C3)NCCC2.